The molecule has 140 valence electrons. The van der Waals surface area contributed by atoms with E-state index in [-0.39, 0.29) is 6.61 Å². The molecule has 1 aromatic carbocycles. The molecule has 1 aliphatic heterocycles. The lowest BCUT2D eigenvalue weighted by Crippen LogP contribution is -2.37. The molecule has 3 heterocycles. The van der Waals surface area contributed by atoms with Crippen molar-refractivity contribution in [1.29, 1.82) is 0 Å². The standard InChI is InChI=1S/C21H25N5O/c27-14-13-26-11-7-16(8-12-26)15-23-21-18-3-1-2-4-19(18)24-20(25-21)17-5-9-22-10-6-17/h1-6,9-10,16,27H,7-8,11-15H2,(H,23,24,25). The number of aliphatic hydroxyl groups is 1. The summed E-state index contributed by atoms with van der Waals surface area (Å²) in [6, 6.07) is 12.0. The van der Waals surface area contributed by atoms with Gasteiger partial charge in [-0.15, -0.1) is 0 Å². The Morgan fingerprint density at radius 3 is 2.59 bits per heavy atom. The van der Waals surface area contributed by atoms with Crippen molar-refractivity contribution >= 4 is 16.7 Å². The molecular formula is C21H25N5O. The normalized spacial score (nSPS) is 15.9. The Labute approximate surface area is 159 Å². The maximum absolute atomic E-state index is 9.08. The van der Waals surface area contributed by atoms with Crippen molar-refractivity contribution in [1.82, 2.24) is 19.9 Å². The van der Waals surface area contributed by atoms with Crippen LogP contribution in [0.4, 0.5) is 5.82 Å². The number of nitrogens with zero attached hydrogens (tertiary/aromatic N) is 4. The van der Waals surface area contributed by atoms with Gasteiger partial charge in [-0.3, -0.25) is 4.98 Å². The first-order valence-electron chi connectivity index (χ1n) is 9.58. The average molecular weight is 363 g/mol. The van der Waals surface area contributed by atoms with Gasteiger partial charge in [0.05, 0.1) is 12.1 Å². The molecular weight excluding hydrogens is 338 g/mol. The number of hydrogen-bond donors (Lipinski definition) is 2. The SMILES string of the molecule is OCCN1CCC(CNc2nc(-c3ccncc3)nc3ccccc23)CC1. The van der Waals surface area contributed by atoms with Crippen LogP contribution in [0.1, 0.15) is 12.8 Å². The summed E-state index contributed by atoms with van der Waals surface area (Å²) < 4.78 is 0. The van der Waals surface area contributed by atoms with E-state index < -0.39 is 0 Å². The van der Waals surface area contributed by atoms with Crippen LogP contribution in [0.3, 0.4) is 0 Å². The molecule has 0 saturated carbocycles. The second-order valence-corrected chi connectivity index (χ2v) is 7.04. The number of aliphatic hydroxyl groups excluding tert-OH is 1. The van der Waals surface area contributed by atoms with Gasteiger partial charge in [0.15, 0.2) is 5.82 Å². The van der Waals surface area contributed by atoms with Gasteiger partial charge in [-0.25, -0.2) is 9.97 Å². The number of hydrogen-bond acceptors (Lipinski definition) is 6. The Morgan fingerprint density at radius 2 is 1.81 bits per heavy atom. The van der Waals surface area contributed by atoms with E-state index in [0.717, 1.165) is 67.1 Å². The predicted octanol–water partition coefficient (Wildman–Crippen LogP) is 2.81. The molecule has 6 heteroatoms. The molecule has 1 saturated heterocycles. The van der Waals surface area contributed by atoms with Crippen LogP contribution in [0.5, 0.6) is 0 Å². The highest BCUT2D eigenvalue weighted by Gasteiger charge is 2.19. The number of para-hydroxylation sites is 1. The van der Waals surface area contributed by atoms with Gasteiger partial charge in [0.1, 0.15) is 5.82 Å². The van der Waals surface area contributed by atoms with Gasteiger partial charge in [-0.05, 0) is 56.1 Å². The van der Waals surface area contributed by atoms with Gasteiger partial charge in [-0.1, -0.05) is 12.1 Å². The molecule has 2 N–H and O–H groups in total. The highest BCUT2D eigenvalue weighted by atomic mass is 16.3. The number of piperidine rings is 1. The minimum Gasteiger partial charge on any atom is -0.395 e. The third-order valence-electron chi connectivity index (χ3n) is 5.22. The molecule has 1 fully saturated rings. The van der Waals surface area contributed by atoms with Crippen LogP contribution in [0.25, 0.3) is 22.3 Å². The summed E-state index contributed by atoms with van der Waals surface area (Å²) in [5, 5.41) is 13.7. The smallest absolute Gasteiger partial charge is 0.162 e. The molecule has 0 atom stereocenters. The van der Waals surface area contributed by atoms with Crippen LogP contribution in [0.2, 0.25) is 0 Å². The molecule has 0 radical (unpaired) electrons. The van der Waals surface area contributed by atoms with Crippen LogP contribution in [0.15, 0.2) is 48.8 Å². The summed E-state index contributed by atoms with van der Waals surface area (Å²) in [5.74, 6) is 2.24. The van der Waals surface area contributed by atoms with Crippen molar-refractivity contribution in [3.05, 3.63) is 48.8 Å². The zero-order chi connectivity index (χ0) is 18.5. The lowest BCUT2D eigenvalue weighted by atomic mass is 9.97. The number of fused-ring (bicyclic) bond motifs is 1. The predicted molar refractivity (Wildman–Crippen MR) is 108 cm³/mol. The van der Waals surface area contributed by atoms with Crippen LogP contribution in [0, 0.1) is 5.92 Å². The number of β-amino-alcohol motifs (C(OH)–C–C–N with tert-alkyl or cyclic N) is 1. The maximum Gasteiger partial charge on any atom is 0.162 e. The van der Waals surface area contributed by atoms with E-state index in [4.69, 9.17) is 15.1 Å². The summed E-state index contributed by atoms with van der Waals surface area (Å²) in [6.07, 6.45) is 5.82. The first-order chi connectivity index (χ1) is 13.3. The monoisotopic (exact) mass is 363 g/mol. The van der Waals surface area contributed by atoms with Crippen molar-refractivity contribution < 1.29 is 5.11 Å². The lowest BCUT2D eigenvalue weighted by Gasteiger charge is -2.31. The zero-order valence-corrected chi connectivity index (χ0v) is 15.4. The Bertz CT molecular complexity index is 878. The molecule has 6 nitrogen and oxygen atoms in total. The fourth-order valence-electron chi connectivity index (χ4n) is 3.64. The van der Waals surface area contributed by atoms with Crippen molar-refractivity contribution in [2.75, 3.05) is 38.1 Å². The quantitative estimate of drug-likeness (QED) is 0.702. The van der Waals surface area contributed by atoms with E-state index in [1.165, 1.54) is 0 Å². The average Bonchev–Trinajstić information content (AvgIpc) is 2.74. The Balaban J connectivity index is 1.52. The molecule has 3 aromatic rings. The second-order valence-electron chi connectivity index (χ2n) is 7.04. The summed E-state index contributed by atoms with van der Waals surface area (Å²) in [7, 11) is 0. The fourth-order valence-corrected chi connectivity index (χ4v) is 3.64. The molecule has 0 unspecified atom stereocenters. The lowest BCUT2D eigenvalue weighted by molar-refractivity contribution is 0.151. The number of rotatable bonds is 6. The number of aromatic nitrogens is 3. The van der Waals surface area contributed by atoms with Crippen LogP contribution in [-0.4, -0.2) is 57.7 Å². The van der Waals surface area contributed by atoms with Gasteiger partial charge >= 0.3 is 0 Å². The summed E-state index contributed by atoms with van der Waals surface area (Å²) in [6.45, 7) is 4.04. The van der Waals surface area contributed by atoms with E-state index in [1.807, 2.05) is 30.3 Å². The van der Waals surface area contributed by atoms with Crippen molar-refractivity contribution in [3.8, 4) is 11.4 Å². The molecule has 27 heavy (non-hydrogen) atoms. The summed E-state index contributed by atoms with van der Waals surface area (Å²) >= 11 is 0. The maximum atomic E-state index is 9.08. The summed E-state index contributed by atoms with van der Waals surface area (Å²) in [4.78, 5) is 15.9. The molecule has 4 rings (SSSR count). The first-order valence-corrected chi connectivity index (χ1v) is 9.58. The van der Waals surface area contributed by atoms with Gasteiger partial charge in [0.25, 0.3) is 0 Å². The molecule has 0 spiro atoms. The number of nitrogens with one attached hydrogen (secondary N) is 1. The van der Waals surface area contributed by atoms with E-state index in [9.17, 15) is 0 Å². The number of pyridine rings is 1. The van der Waals surface area contributed by atoms with Crippen LogP contribution < -0.4 is 5.32 Å². The van der Waals surface area contributed by atoms with E-state index in [2.05, 4.69) is 21.3 Å². The third kappa shape index (κ3) is 4.23. The minimum absolute atomic E-state index is 0.244. The van der Waals surface area contributed by atoms with Gasteiger partial charge < -0.3 is 15.3 Å². The molecule has 2 aromatic heterocycles. The Hall–Kier alpha value is -2.57. The number of benzene rings is 1. The summed E-state index contributed by atoms with van der Waals surface area (Å²) in [5.41, 5.74) is 1.91. The Kier molecular flexibility index (Phi) is 5.55. The number of likely N-dealkylation sites (tertiary alicyclic amines) is 1. The molecule has 0 aliphatic carbocycles. The van der Waals surface area contributed by atoms with Gasteiger partial charge in [-0.2, -0.15) is 0 Å². The highest BCUT2D eigenvalue weighted by Crippen LogP contribution is 2.25. The zero-order valence-electron chi connectivity index (χ0n) is 15.4. The topological polar surface area (TPSA) is 74.2 Å². The van der Waals surface area contributed by atoms with Crippen molar-refractivity contribution in [2.24, 2.45) is 5.92 Å². The fraction of sp³-hybridized carbons (Fsp3) is 0.381. The third-order valence-corrected chi connectivity index (χ3v) is 5.22. The highest BCUT2D eigenvalue weighted by molar-refractivity contribution is 5.90. The van der Waals surface area contributed by atoms with Gasteiger partial charge in [0.2, 0.25) is 0 Å². The van der Waals surface area contributed by atoms with E-state index in [0.29, 0.717) is 5.92 Å². The van der Waals surface area contributed by atoms with Crippen LogP contribution in [-0.2, 0) is 0 Å². The first kappa shape index (κ1) is 17.8. The van der Waals surface area contributed by atoms with E-state index in [1.54, 1.807) is 12.4 Å². The largest absolute Gasteiger partial charge is 0.395 e. The number of anilines is 1. The molecule has 0 amide bonds. The van der Waals surface area contributed by atoms with Crippen molar-refractivity contribution in [2.45, 2.75) is 12.8 Å². The van der Waals surface area contributed by atoms with Gasteiger partial charge in [0, 0.05) is 36.4 Å². The second kappa shape index (κ2) is 8.41. The molecule has 0 bridgehead atoms. The Morgan fingerprint density at radius 1 is 1.04 bits per heavy atom. The molecule has 1 aliphatic rings. The minimum atomic E-state index is 0.244. The van der Waals surface area contributed by atoms with Crippen molar-refractivity contribution in [3.63, 3.8) is 0 Å². The van der Waals surface area contributed by atoms with Crippen LogP contribution >= 0.6 is 0 Å². The van der Waals surface area contributed by atoms with E-state index >= 15 is 0 Å².